The molecular weight excluding hydrogens is 173 g/mol. The number of ether oxygens (including phenoxy) is 1. The second-order valence-electron chi connectivity index (χ2n) is 2.41. The molecular formula is C9H8FNO2. The topological polar surface area (TPSA) is 53.2 Å². The van der Waals surface area contributed by atoms with Crippen molar-refractivity contribution in [1.29, 1.82) is 5.26 Å². The van der Waals surface area contributed by atoms with Gasteiger partial charge >= 0.3 is 0 Å². The van der Waals surface area contributed by atoms with Crippen LogP contribution in [0.5, 0.6) is 11.5 Å². The van der Waals surface area contributed by atoms with Crippen LogP contribution >= 0.6 is 0 Å². The maximum atomic E-state index is 13.3. The molecule has 0 fully saturated rings. The van der Waals surface area contributed by atoms with E-state index in [4.69, 9.17) is 10.00 Å². The van der Waals surface area contributed by atoms with Crippen molar-refractivity contribution in [2.75, 3.05) is 7.11 Å². The summed E-state index contributed by atoms with van der Waals surface area (Å²) >= 11 is 0. The standard InChI is InChI=1S/C9H8FNO2/c1-13-8-3-2-7(12)6(4-5-11)9(8)10/h2-3,12H,4H2,1H3. The third-order valence-electron chi connectivity index (χ3n) is 1.66. The monoisotopic (exact) mass is 181 g/mol. The van der Waals surface area contributed by atoms with E-state index < -0.39 is 5.82 Å². The van der Waals surface area contributed by atoms with Crippen LogP contribution < -0.4 is 4.74 Å². The maximum Gasteiger partial charge on any atom is 0.172 e. The zero-order valence-electron chi connectivity index (χ0n) is 7.04. The molecule has 1 N–H and O–H groups in total. The maximum absolute atomic E-state index is 13.3. The van der Waals surface area contributed by atoms with E-state index in [1.807, 2.05) is 0 Å². The molecule has 0 heterocycles. The molecule has 0 bridgehead atoms. The molecule has 68 valence electrons. The van der Waals surface area contributed by atoms with E-state index in [-0.39, 0.29) is 23.5 Å². The minimum atomic E-state index is -0.677. The highest BCUT2D eigenvalue weighted by molar-refractivity contribution is 5.42. The number of benzene rings is 1. The predicted molar refractivity (Wildman–Crippen MR) is 43.9 cm³/mol. The van der Waals surface area contributed by atoms with Gasteiger partial charge in [-0.25, -0.2) is 4.39 Å². The molecule has 0 aliphatic carbocycles. The van der Waals surface area contributed by atoms with Gasteiger partial charge in [0.05, 0.1) is 19.6 Å². The van der Waals surface area contributed by atoms with E-state index in [9.17, 15) is 9.50 Å². The zero-order valence-corrected chi connectivity index (χ0v) is 7.04. The van der Waals surface area contributed by atoms with Crippen LogP contribution in [-0.2, 0) is 6.42 Å². The van der Waals surface area contributed by atoms with Gasteiger partial charge in [0, 0.05) is 5.56 Å². The molecule has 0 saturated carbocycles. The van der Waals surface area contributed by atoms with Gasteiger partial charge in [-0.1, -0.05) is 0 Å². The zero-order chi connectivity index (χ0) is 9.84. The van der Waals surface area contributed by atoms with Crippen molar-refractivity contribution in [3.63, 3.8) is 0 Å². The van der Waals surface area contributed by atoms with E-state index >= 15 is 0 Å². The second kappa shape index (κ2) is 3.76. The summed E-state index contributed by atoms with van der Waals surface area (Å²) in [4.78, 5) is 0. The fourth-order valence-electron chi connectivity index (χ4n) is 0.994. The number of nitriles is 1. The number of hydrogen-bond donors (Lipinski definition) is 1. The van der Waals surface area contributed by atoms with Crippen LogP contribution in [0.15, 0.2) is 12.1 Å². The molecule has 0 unspecified atom stereocenters. The molecule has 0 aliphatic heterocycles. The highest BCUT2D eigenvalue weighted by Crippen LogP contribution is 2.27. The lowest BCUT2D eigenvalue weighted by atomic mass is 10.1. The van der Waals surface area contributed by atoms with Crippen molar-refractivity contribution in [1.82, 2.24) is 0 Å². The summed E-state index contributed by atoms with van der Waals surface area (Å²) in [5, 5.41) is 17.6. The van der Waals surface area contributed by atoms with Gasteiger partial charge in [-0.15, -0.1) is 0 Å². The van der Waals surface area contributed by atoms with Crippen LogP contribution in [0.25, 0.3) is 0 Å². The second-order valence-corrected chi connectivity index (χ2v) is 2.41. The Hall–Kier alpha value is -1.76. The number of phenols is 1. The van der Waals surface area contributed by atoms with Gasteiger partial charge in [-0.3, -0.25) is 0 Å². The van der Waals surface area contributed by atoms with Crippen molar-refractivity contribution in [3.05, 3.63) is 23.5 Å². The number of halogens is 1. The lowest BCUT2D eigenvalue weighted by Gasteiger charge is -2.06. The van der Waals surface area contributed by atoms with Gasteiger partial charge in [0.15, 0.2) is 11.6 Å². The molecule has 0 amide bonds. The smallest absolute Gasteiger partial charge is 0.172 e. The fourth-order valence-corrected chi connectivity index (χ4v) is 0.994. The summed E-state index contributed by atoms with van der Waals surface area (Å²) in [6.07, 6.45) is -0.172. The van der Waals surface area contributed by atoms with Crippen LogP contribution in [-0.4, -0.2) is 12.2 Å². The molecule has 1 aromatic rings. The van der Waals surface area contributed by atoms with Crippen LogP contribution in [0.4, 0.5) is 4.39 Å². The number of rotatable bonds is 2. The molecule has 13 heavy (non-hydrogen) atoms. The highest BCUT2D eigenvalue weighted by atomic mass is 19.1. The molecule has 3 nitrogen and oxygen atoms in total. The Morgan fingerprint density at radius 3 is 2.85 bits per heavy atom. The summed E-state index contributed by atoms with van der Waals surface area (Å²) in [6.45, 7) is 0. The first-order valence-corrected chi connectivity index (χ1v) is 3.62. The third kappa shape index (κ3) is 1.70. The van der Waals surface area contributed by atoms with Crippen molar-refractivity contribution < 1.29 is 14.2 Å². The summed E-state index contributed by atoms with van der Waals surface area (Å²) in [6, 6.07) is 4.37. The molecule has 1 rings (SSSR count). The van der Waals surface area contributed by atoms with E-state index in [1.54, 1.807) is 6.07 Å². The number of methoxy groups -OCH3 is 1. The van der Waals surface area contributed by atoms with Crippen molar-refractivity contribution >= 4 is 0 Å². The Bertz CT molecular complexity index is 357. The van der Waals surface area contributed by atoms with E-state index in [0.717, 1.165) is 0 Å². The lowest BCUT2D eigenvalue weighted by Crippen LogP contribution is -1.94. The van der Waals surface area contributed by atoms with Crippen molar-refractivity contribution in [2.24, 2.45) is 0 Å². The molecule has 1 aromatic carbocycles. The predicted octanol–water partition coefficient (Wildman–Crippen LogP) is 1.61. The molecule has 0 aliphatic rings. The SMILES string of the molecule is COc1ccc(O)c(CC#N)c1F. The Balaban J connectivity index is 3.23. The third-order valence-corrected chi connectivity index (χ3v) is 1.66. The molecule has 0 atom stereocenters. The molecule has 0 spiro atoms. The summed E-state index contributed by atoms with van der Waals surface area (Å²) in [5.74, 6) is -0.869. The van der Waals surface area contributed by atoms with Gasteiger partial charge in [0.2, 0.25) is 0 Å². The first-order chi connectivity index (χ1) is 6.20. The molecule has 0 saturated heterocycles. The first kappa shape index (κ1) is 9.33. The fraction of sp³-hybridized carbons (Fsp3) is 0.222. The van der Waals surface area contributed by atoms with E-state index in [0.29, 0.717) is 0 Å². The number of phenolic OH excluding ortho intramolecular Hbond substituents is 1. The van der Waals surface area contributed by atoms with Crippen LogP contribution in [0.2, 0.25) is 0 Å². The summed E-state index contributed by atoms with van der Waals surface area (Å²) in [5.41, 5.74) is -0.0261. The average Bonchev–Trinajstić information content (AvgIpc) is 2.12. The van der Waals surface area contributed by atoms with Gasteiger partial charge in [-0.05, 0) is 12.1 Å². The summed E-state index contributed by atoms with van der Waals surface area (Å²) < 4.78 is 18.0. The Morgan fingerprint density at radius 1 is 1.62 bits per heavy atom. The number of nitrogens with zero attached hydrogens (tertiary/aromatic N) is 1. The van der Waals surface area contributed by atoms with Crippen LogP contribution in [0, 0.1) is 17.1 Å². The number of hydrogen-bond acceptors (Lipinski definition) is 3. The molecule has 0 aromatic heterocycles. The lowest BCUT2D eigenvalue weighted by molar-refractivity contribution is 0.379. The normalized spacial score (nSPS) is 9.31. The van der Waals surface area contributed by atoms with Gasteiger partial charge in [-0.2, -0.15) is 5.26 Å². The largest absolute Gasteiger partial charge is 0.508 e. The Morgan fingerprint density at radius 2 is 2.31 bits per heavy atom. The quantitative estimate of drug-likeness (QED) is 0.754. The van der Waals surface area contributed by atoms with Gasteiger partial charge in [0.1, 0.15) is 5.75 Å². The molecule has 0 radical (unpaired) electrons. The summed E-state index contributed by atoms with van der Waals surface area (Å²) in [7, 11) is 1.33. The Kier molecular flexibility index (Phi) is 2.70. The van der Waals surface area contributed by atoms with Gasteiger partial charge in [0.25, 0.3) is 0 Å². The van der Waals surface area contributed by atoms with Crippen LogP contribution in [0.1, 0.15) is 5.56 Å². The van der Waals surface area contributed by atoms with E-state index in [2.05, 4.69) is 0 Å². The average molecular weight is 181 g/mol. The van der Waals surface area contributed by atoms with E-state index in [1.165, 1.54) is 19.2 Å². The van der Waals surface area contributed by atoms with Crippen molar-refractivity contribution in [2.45, 2.75) is 6.42 Å². The minimum Gasteiger partial charge on any atom is -0.508 e. The molecule has 4 heteroatoms. The highest BCUT2D eigenvalue weighted by Gasteiger charge is 2.12. The van der Waals surface area contributed by atoms with Crippen LogP contribution in [0.3, 0.4) is 0 Å². The Labute approximate surface area is 75.0 Å². The van der Waals surface area contributed by atoms with Gasteiger partial charge < -0.3 is 9.84 Å². The van der Waals surface area contributed by atoms with Crippen molar-refractivity contribution in [3.8, 4) is 17.6 Å². The first-order valence-electron chi connectivity index (χ1n) is 3.62. The number of aromatic hydroxyl groups is 1. The minimum absolute atomic E-state index is 0.0261.